The Balaban J connectivity index is 2.37. The molecule has 3 N–H and O–H groups in total. The zero-order valence-electron chi connectivity index (χ0n) is 17.2. The first kappa shape index (κ1) is 25.3. The van der Waals surface area contributed by atoms with E-state index in [9.17, 15) is 24.9 Å². The van der Waals surface area contributed by atoms with Crippen molar-refractivity contribution in [1.82, 2.24) is 0 Å². The number of aliphatic hydroxyl groups excluding tert-OH is 3. The van der Waals surface area contributed by atoms with E-state index in [-0.39, 0.29) is 25.8 Å². The normalized spacial score (nSPS) is 27.4. The number of allylic oxidation sites excluding steroid dienone is 1. The van der Waals surface area contributed by atoms with Crippen molar-refractivity contribution in [2.24, 2.45) is 0 Å². The number of carbonyl (C=O) groups excluding carboxylic acids is 2. The number of ether oxygens (including phenoxy) is 4. The van der Waals surface area contributed by atoms with Gasteiger partial charge in [0.25, 0.3) is 0 Å². The molecule has 1 rings (SSSR count). The van der Waals surface area contributed by atoms with Gasteiger partial charge in [-0.15, -0.1) is 0 Å². The fourth-order valence-corrected chi connectivity index (χ4v) is 2.63. The summed E-state index contributed by atoms with van der Waals surface area (Å²) in [5.41, 5.74) is 1.87. The molecule has 9 heteroatoms. The standard InChI is InChI=1S/C20H32O9/c1-12(6-5-7-13(2)10-27-14(3)21)8-9-26-20-19(25)18(24)17(23)16(29-20)11-28-15(4)22/h7,16-20,23-25H,1,5-6,8-11H2,2-4H3. The van der Waals surface area contributed by atoms with Gasteiger partial charge < -0.3 is 34.3 Å². The quantitative estimate of drug-likeness (QED) is 0.327. The number of carbonyl (C=O) groups is 2. The Hall–Kier alpha value is -1.78. The van der Waals surface area contributed by atoms with Crippen LogP contribution in [0.2, 0.25) is 0 Å². The van der Waals surface area contributed by atoms with Gasteiger partial charge in [0.05, 0.1) is 6.61 Å². The summed E-state index contributed by atoms with van der Waals surface area (Å²) in [7, 11) is 0. The second-order valence-corrected chi connectivity index (χ2v) is 7.06. The van der Waals surface area contributed by atoms with Crippen LogP contribution in [0, 0.1) is 0 Å². The van der Waals surface area contributed by atoms with E-state index in [4.69, 9.17) is 18.9 Å². The highest BCUT2D eigenvalue weighted by molar-refractivity contribution is 5.66. The molecule has 0 radical (unpaired) electrons. The van der Waals surface area contributed by atoms with E-state index in [2.05, 4.69) is 6.58 Å². The summed E-state index contributed by atoms with van der Waals surface area (Å²) in [6, 6.07) is 0. The van der Waals surface area contributed by atoms with Crippen molar-refractivity contribution in [3.8, 4) is 0 Å². The molecule has 1 aliphatic heterocycles. The van der Waals surface area contributed by atoms with E-state index < -0.39 is 36.7 Å². The molecule has 0 spiro atoms. The van der Waals surface area contributed by atoms with Crippen LogP contribution in [0.5, 0.6) is 0 Å². The Morgan fingerprint density at radius 1 is 1.00 bits per heavy atom. The molecular formula is C20H32O9. The first-order chi connectivity index (χ1) is 13.6. The van der Waals surface area contributed by atoms with Crippen LogP contribution in [0.4, 0.5) is 0 Å². The van der Waals surface area contributed by atoms with Gasteiger partial charge in [-0.3, -0.25) is 9.59 Å². The first-order valence-electron chi connectivity index (χ1n) is 9.52. The smallest absolute Gasteiger partial charge is 0.302 e. The number of aliphatic hydroxyl groups is 3. The van der Waals surface area contributed by atoms with Crippen molar-refractivity contribution < 1.29 is 43.9 Å². The maximum atomic E-state index is 10.9. The van der Waals surface area contributed by atoms with Gasteiger partial charge in [-0.25, -0.2) is 0 Å². The molecule has 5 atom stereocenters. The lowest BCUT2D eigenvalue weighted by Crippen LogP contribution is -2.59. The second kappa shape index (κ2) is 12.7. The molecule has 9 nitrogen and oxygen atoms in total. The maximum absolute atomic E-state index is 10.9. The Bertz CT molecular complexity index is 587. The molecule has 0 amide bonds. The van der Waals surface area contributed by atoms with Gasteiger partial charge in [-0.05, 0) is 31.8 Å². The predicted octanol–water partition coefficient (Wildman–Crippen LogP) is 0.610. The highest BCUT2D eigenvalue weighted by Gasteiger charge is 2.44. The van der Waals surface area contributed by atoms with Crippen LogP contribution >= 0.6 is 0 Å². The Morgan fingerprint density at radius 3 is 2.28 bits per heavy atom. The monoisotopic (exact) mass is 416 g/mol. The Labute approximate surface area is 170 Å². The molecule has 1 aliphatic rings. The van der Waals surface area contributed by atoms with Crippen LogP contribution in [0.15, 0.2) is 23.8 Å². The lowest BCUT2D eigenvalue weighted by atomic mass is 9.99. The summed E-state index contributed by atoms with van der Waals surface area (Å²) >= 11 is 0. The van der Waals surface area contributed by atoms with Crippen LogP contribution in [0.25, 0.3) is 0 Å². The average Bonchev–Trinajstić information content (AvgIpc) is 2.65. The topological polar surface area (TPSA) is 132 Å². The number of hydrogen-bond donors (Lipinski definition) is 3. The van der Waals surface area contributed by atoms with E-state index in [1.807, 2.05) is 13.0 Å². The summed E-state index contributed by atoms with van der Waals surface area (Å²) < 4.78 is 20.6. The molecular weight excluding hydrogens is 384 g/mol. The van der Waals surface area contributed by atoms with Gasteiger partial charge in [0.1, 0.15) is 37.6 Å². The van der Waals surface area contributed by atoms with Crippen molar-refractivity contribution in [2.75, 3.05) is 19.8 Å². The molecule has 5 unspecified atom stereocenters. The minimum Gasteiger partial charge on any atom is -0.463 e. The van der Waals surface area contributed by atoms with Gasteiger partial charge in [0.15, 0.2) is 6.29 Å². The van der Waals surface area contributed by atoms with E-state index >= 15 is 0 Å². The first-order valence-corrected chi connectivity index (χ1v) is 9.52. The maximum Gasteiger partial charge on any atom is 0.302 e. The Morgan fingerprint density at radius 2 is 1.66 bits per heavy atom. The second-order valence-electron chi connectivity index (χ2n) is 7.06. The highest BCUT2D eigenvalue weighted by atomic mass is 16.7. The van der Waals surface area contributed by atoms with Gasteiger partial charge >= 0.3 is 11.9 Å². The molecule has 0 saturated carbocycles. The summed E-state index contributed by atoms with van der Waals surface area (Å²) in [6.45, 7) is 8.63. The van der Waals surface area contributed by atoms with Gasteiger partial charge in [-0.2, -0.15) is 0 Å². The highest BCUT2D eigenvalue weighted by Crippen LogP contribution is 2.23. The van der Waals surface area contributed by atoms with Crippen LogP contribution in [-0.4, -0.2) is 77.8 Å². The van der Waals surface area contributed by atoms with Gasteiger partial charge in [-0.1, -0.05) is 18.2 Å². The molecule has 1 saturated heterocycles. The van der Waals surface area contributed by atoms with Crippen molar-refractivity contribution in [3.63, 3.8) is 0 Å². The summed E-state index contributed by atoms with van der Waals surface area (Å²) in [5, 5.41) is 29.9. The molecule has 29 heavy (non-hydrogen) atoms. The molecule has 1 fully saturated rings. The van der Waals surface area contributed by atoms with Crippen molar-refractivity contribution in [1.29, 1.82) is 0 Å². The molecule has 0 aromatic heterocycles. The fraction of sp³-hybridized carbons (Fsp3) is 0.700. The zero-order valence-corrected chi connectivity index (χ0v) is 17.2. The van der Waals surface area contributed by atoms with Gasteiger partial charge in [0, 0.05) is 13.8 Å². The number of esters is 2. The van der Waals surface area contributed by atoms with Crippen LogP contribution < -0.4 is 0 Å². The minimum atomic E-state index is -1.48. The average molecular weight is 416 g/mol. The molecule has 0 aromatic rings. The van der Waals surface area contributed by atoms with Crippen molar-refractivity contribution >= 4 is 11.9 Å². The van der Waals surface area contributed by atoms with E-state index in [0.717, 1.165) is 17.6 Å². The summed E-state index contributed by atoms with van der Waals surface area (Å²) in [4.78, 5) is 21.7. The van der Waals surface area contributed by atoms with Gasteiger partial charge in [0.2, 0.25) is 0 Å². The third kappa shape index (κ3) is 9.51. The van der Waals surface area contributed by atoms with E-state index in [1.165, 1.54) is 13.8 Å². The molecule has 166 valence electrons. The molecule has 0 aliphatic carbocycles. The Kier molecular flexibility index (Phi) is 11.1. The van der Waals surface area contributed by atoms with Crippen LogP contribution in [0.1, 0.15) is 40.0 Å². The number of rotatable bonds is 11. The van der Waals surface area contributed by atoms with E-state index in [1.54, 1.807) is 0 Å². The lowest BCUT2D eigenvalue weighted by Gasteiger charge is -2.39. The molecule has 0 bridgehead atoms. The molecule has 1 heterocycles. The predicted molar refractivity (Wildman–Crippen MR) is 103 cm³/mol. The third-order valence-corrected chi connectivity index (χ3v) is 4.35. The van der Waals surface area contributed by atoms with E-state index in [0.29, 0.717) is 12.8 Å². The largest absolute Gasteiger partial charge is 0.463 e. The summed E-state index contributed by atoms with van der Waals surface area (Å²) in [5.74, 6) is -0.869. The van der Waals surface area contributed by atoms with Crippen LogP contribution in [-0.2, 0) is 28.5 Å². The van der Waals surface area contributed by atoms with Crippen LogP contribution in [0.3, 0.4) is 0 Å². The van der Waals surface area contributed by atoms with Crippen molar-refractivity contribution in [2.45, 2.75) is 70.7 Å². The van der Waals surface area contributed by atoms with Crippen molar-refractivity contribution in [3.05, 3.63) is 23.8 Å². The molecule has 0 aromatic carbocycles. The summed E-state index contributed by atoms with van der Waals surface area (Å²) in [6.07, 6.45) is -2.54. The third-order valence-electron chi connectivity index (χ3n) is 4.35. The minimum absolute atomic E-state index is 0.194. The SMILES string of the molecule is C=C(CCC=C(C)COC(C)=O)CCOC1OC(COC(C)=O)C(O)C(O)C1O. The fourth-order valence-electron chi connectivity index (χ4n) is 2.63. The number of hydrogen-bond acceptors (Lipinski definition) is 9. The zero-order chi connectivity index (χ0) is 22.0. The lowest BCUT2D eigenvalue weighted by molar-refractivity contribution is -0.301.